The average Bonchev–Trinajstić information content (AvgIpc) is 3.73. The molecule has 37 heavy (non-hydrogen) atoms. The number of allylic oxidation sites excluding steroid dienone is 1. The van der Waals surface area contributed by atoms with Crippen molar-refractivity contribution >= 4 is 27.5 Å². The predicted octanol–water partition coefficient (Wildman–Crippen LogP) is 0.883. The lowest BCUT2D eigenvalue weighted by atomic mass is 10.1. The quantitative estimate of drug-likeness (QED) is 0.268. The molecule has 0 atom stereocenters. The zero-order valence-corrected chi connectivity index (χ0v) is 22.3. The van der Waals surface area contributed by atoms with Crippen LogP contribution in [-0.2, 0) is 26.2 Å². The van der Waals surface area contributed by atoms with Gasteiger partial charge in [-0.15, -0.1) is 0 Å². The summed E-state index contributed by atoms with van der Waals surface area (Å²) >= 11 is 0. The average molecular weight is 534 g/mol. The molecule has 202 valence electrons. The molecule has 11 nitrogen and oxygen atoms in total. The van der Waals surface area contributed by atoms with E-state index in [1.165, 1.54) is 23.7 Å². The lowest BCUT2D eigenvalue weighted by Crippen LogP contribution is -2.49. The van der Waals surface area contributed by atoms with Crippen molar-refractivity contribution in [1.82, 2.24) is 19.8 Å². The van der Waals surface area contributed by atoms with Gasteiger partial charge in [0, 0.05) is 63.0 Å². The zero-order valence-electron chi connectivity index (χ0n) is 21.5. The van der Waals surface area contributed by atoms with Crippen molar-refractivity contribution in [3.63, 3.8) is 0 Å². The van der Waals surface area contributed by atoms with Gasteiger partial charge < -0.3 is 30.4 Å². The molecule has 1 aromatic rings. The molecule has 1 heterocycles. The molecule has 3 rings (SSSR count). The molecule has 12 heteroatoms. The van der Waals surface area contributed by atoms with E-state index in [1.807, 2.05) is 6.07 Å². The Morgan fingerprint density at radius 3 is 2.49 bits per heavy atom. The number of para-hydroxylation sites is 1. The molecule has 2 aliphatic rings. The molecule has 2 amide bonds. The van der Waals surface area contributed by atoms with Crippen molar-refractivity contribution in [3.8, 4) is 11.5 Å². The summed E-state index contributed by atoms with van der Waals surface area (Å²) in [4.78, 5) is 26.6. The van der Waals surface area contributed by atoms with Crippen LogP contribution in [0.15, 0.2) is 42.1 Å². The van der Waals surface area contributed by atoms with Crippen LogP contribution in [0, 0.1) is 11.3 Å². The third kappa shape index (κ3) is 8.05. The van der Waals surface area contributed by atoms with Crippen molar-refractivity contribution in [2.24, 2.45) is 5.92 Å². The minimum atomic E-state index is -3.25. The van der Waals surface area contributed by atoms with Gasteiger partial charge in [-0.1, -0.05) is 12.1 Å². The van der Waals surface area contributed by atoms with Crippen molar-refractivity contribution in [1.29, 1.82) is 5.41 Å². The summed E-state index contributed by atoms with van der Waals surface area (Å²) in [6.07, 6.45) is 7.73. The first kappa shape index (κ1) is 28.2. The molecule has 0 aromatic heterocycles. The first-order valence-corrected chi connectivity index (χ1v) is 13.9. The highest BCUT2D eigenvalue weighted by atomic mass is 32.2. The Balaban J connectivity index is 1.52. The van der Waals surface area contributed by atoms with Crippen LogP contribution in [0.1, 0.15) is 18.4 Å². The maximum atomic E-state index is 12.6. The van der Waals surface area contributed by atoms with Crippen LogP contribution in [0.3, 0.4) is 0 Å². The number of carbonyl (C=O) groups is 2. The van der Waals surface area contributed by atoms with E-state index >= 15 is 0 Å². The summed E-state index contributed by atoms with van der Waals surface area (Å²) in [6.45, 7) is 1.56. The lowest BCUT2D eigenvalue weighted by molar-refractivity contribution is -0.127. The van der Waals surface area contributed by atoms with Crippen LogP contribution in [-0.4, -0.2) is 88.3 Å². The van der Waals surface area contributed by atoms with Gasteiger partial charge in [0.25, 0.3) is 5.91 Å². The fraction of sp³-hybridized carbons (Fsp3) is 0.480. The van der Waals surface area contributed by atoms with Gasteiger partial charge in [0.05, 0.1) is 13.4 Å². The first-order valence-electron chi connectivity index (χ1n) is 12.1. The summed E-state index contributed by atoms with van der Waals surface area (Å²) in [6, 6.07) is 5.34. The van der Waals surface area contributed by atoms with Crippen molar-refractivity contribution in [2.45, 2.75) is 19.4 Å². The van der Waals surface area contributed by atoms with E-state index in [0.29, 0.717) is 41.6 Å². The summed E-state index contributed by atoms with van der Waals surface area (Å²) in [7, 11) is -0.0894. The van der Waals surface area contributed by atoms with E-state index in [1.54, 1.807) is 36.2 Å². The molecule has 0 spiro atoms. The normalized spacial score (nSPS) is 16.9. The topological polar surface area (TPSA) is 141 Å². The lowest BCUT2D eigenvalue weighted by Gasteiger charge is -2.32. The maximum absolute atomic E-state index is 12.6. The van der Waals surface area contributed by atoms with Gasteiger partial charge in [-0.05, 0) is 31.1 Å². The SMILES string of the molecule is CN/C(=C\C(=N)C1CC1)C(=O)NCc1cccc(OC/C=C/C(=O)N2CCN(S(C)(=O)=O)CC2)c1OC. The van der Waals surface area contributed by atoms with Gasteiger partial charge in [0.15, 0.2) is 11.5 Å². The molecule has 1 saturated carbocycles. The van der Waals surface area contributed by atoms with Crippen LogP contribution >= 0.6 is 0 Å². The largest absolute Gasteiger partial charge is 0.493 e. The molecule has 0 radical (unpaired) electrons. The summed E-state index contributed by atoms with van der Waals surface area (Å²) in [5.74, 6) is 0.663. The van der Waals surface area contributed by atoms with Gasteiger partial charge in [-0.3, -0.25) is 9.59 Å². The van der Waals surface area contributed by atoms with E-state index in [2.05, 4.69) is 10.6 Å². The molecular formula is C25H35N5O6S. The predicted molar refractivity (Wildman–Crippen MR) is 140 cm³/mol. The number of amides is 2. The molecule has 1 aromatic carbocycles. The first-order chi connectivity index (χ1) is 17.6. The maximum Gasteiger partial charge on any atom is 0.267 e. The number of nitrogens with zero attached hydrogens (tertiary/aromatic N) is 2. The van der Waals surface area contributed by atoms with Crippen LogP contribution in [0.25, 0.3) is 0 Å². The Kier molecular flexibility index (Phi) is 9.70. The van der Waals surface area contributed by atoms with Crippen LogP contribution in [0.4, 0.5) is 0 Å². The Labute approximate surface area is 218 Å². The number of benzene rings is 1. The third-order valence-corrected chi connectivity index (χ3v) is 7.45. The van der Waals surface area contributed by atoms with Crippen LogP contribution in [0.2, 0.25) is 0 Å². The van der Waals surface area contributed by atoms with Crippen molar-refractivity contribution < 1.29 is 27.5 Å². The minimum absolute atomic E-state index is 0.122. The highest BCUT2D eigenvalue weighted by Gasteiger charge is 2.26. The molecule has 2 fully saturated rings. The van der Waals surface area contributed by atoms with Gasteiger partial charge >= 0.3 is 0 Å². The number of hydrogen-bond donors (Lipinski definition) is 3. The van der Waals surface area contributed by atoms with Crippen molar-refractivity contribution in [2.75, 3.05) is 53.2 Å². The van der Waals surface area contributed by atoms with Crippen molar-refractivity contribution in [3.05, 3.63) is 47.7 Å². The number of methoxy groups -OCH3 is 1. The molecular weight excluding hydrogens is 498 g/mol. The second-order valence-corrected chi connectivity index (χ2v) is 10.9. The standard InChI is InChI=1S/C25H35N5O6S/c1-27-21(16-20(26)18-9-10-18)25(32)28-17-19-6-4-7-22(24(19)35-2)36-15-5-8-23(31)29-11-13-30(14-12-29)37(3,33)34/h4-8,16,18,26-27H,9-15,17H2,1-3H3,(H,28,32)/b8-5+,21-16-,26-20?. The van der Waals surface area contributed by atoms with E-state index in [-0.39, 0.29) is 44.0 Å². The number of rotatable bonds is 12. The fourth-order valence-corrected chi connectivity index (χ4v) is 4.69. The highest BCUT2D eigenvalue weighted by molar-refractivity contribution is 7.88. The smallest absolute Gasteiger partial charge is 0.267 e. The van der Waals surface area contributed by atoms with Gasteiger partial charge in [0.2, 0.25) is 15.9 Å². The summed E-state index contributed by atoms with van der Waals surface area (Å²) in [5, 5.41) is 13.7. The van der Waals surface area contributed by atoms with E-state index in [9.17, 15) is 18.0 Å². The monoisotopic (exact) mass is 533 g/mol. The number of ether oxygens (including phenoxy) is 2. The van der Waals surface area contributed by atoms with E-state index < -0.39 is 10.0 Å². The second kappa shape index (κ2) is 12.7. The Morgan fingerprint density at radius 2 is 1.89 bits per heavy atom. The number of piperazine rings is 1. The van der Waals surface area contributed by atoms with Gasteiger partial charge in [-0.2, -0.15) is 4.31 Å². The van der Waals surface area contributed by atoms with E-state index in [4.69, 9.17) is 14.9 Å². The van der Waals surface area contributed by atoms with Gasteiger partial charge in [0.1, 0.15) is 12.3 Å². The van der Waals surface area contributed by atoms with Gasteiger partial charge in [-0.25, -0.2) is 8.42 Å². The van der Waals surface area contributed by atoms with Crippen LogP contribution < -0.4 is 20.1 Å². The Hall–Kier alpha value is -3.38. The minimum Gasteiger partial charge on any atom is -0.493 e. The number of likely N-dealkylation sites (N-methyl/N-ethyl adjacent to an activating group) is 1. The third-order valence-electron chi connectivity index (χ3n) is 6.15. The zero-order chi connectivity index (χ0) is 27.0. The molecule has 1 saturated heterocycles. The molecule has 0 unspecified atom stereocenters. The molecule has 1 aliphatic carbocycles. The Bertz CT molecular complexity index is 1170. The number of carbonyl (C=O) groups excluding carboxylic acids is 2. The molecule has 0 bridgehead atoms. The second-order valence-electron chi connectivity index (χ2n) is 8.87. The van der Waals surface area contributed by atoms with E-state index in [0.717, 1.165) is 12.8 Å². The summed E-state index contributed by atoms with van der Waals surface area (Å²) < 4.78 is 35.9. The molecule has 1 aliphatic heterocycles. The summed E-state index contributed by atoms with van der Waals surface area (Å²) in [5.41, 5.74) is 1.50. The molecule has 3 N–H and O–H groups in total. The number of sulfonamides is 1. The highest BCUT2D eigenvalue weighted by Crippen LogP contribution is 2.31. The Morgan fingerprint density at radius 1 is 1.19 bits per heavy atom. The van der Waals surface area contributed by atoms with Crippen LogP contribution in [0.5, 0.6) is 11.5 Å². The fourth-order valence-electron chi connectivity index (χ4n) is 3.87. The number of hydrogen-bond acceptors (Lipinski definition) is 8. The number of nitrogens with one attached hydrogen (secondary N) is 3.